The highest BCUT2D eigenvalue weighted by Gasteiger charge is 2.21. The maximum atomic E-state index is 11.3. The Morgan fingerprint density at radius 2 is 2.06 bits per heavy atom. The summed E-state index contributed by atoms with van der Waals surface area (Å²) in [4.78, 5) is 22.0. The van der Waals surface area contributed by atoms with Gasteiger partial charge in [0.25, 0.3) is 0 Å². The Bertz CT molecular complexity index is 266. The van der Waals surface area contributed by atoms with Crippen molar-refractivity contribution in [2.24, 2.45) is 5.92 Å². The summed E-state index contributed by atoms with van der Waals surface area (Å²) in [5.74, 6) is -0.298. The van der Waals surface area contributed by atoms with Crippen LogP contribution in [0, 0.1) is 5.92 Å². The van der Waals surface area contributed by atoms with E-state index in [0.717, 1.165) is 18.8 Å². The van der Waals surface area contributed by atoms with Crippen LogP contribution in [0.4, 0.5) is 4.79 Å². The van der Waals surface area contributed by atoms with Gasteiger partial charge in [-0.05, 0) is 18.8 Å². The largest absolute Gasteiger partial charge is 0.480 e. The van der Waals surface area contributed by atoms with Crippen LogP contribution in [0.2, 0.25) is 0 Å². The number of amides is 2. The smallest absolute Gasteiger partial charge is 0.326 e. The molecule has 6 nitrogen and oxygen atoms in total. The van der Waals surface area contributed by atoms with Crippen molar-refractivity contribution in [3.05, 3.63) is 0 Å². The number of carbonyl (C=O) groups is 2. The summed E-state index contributed by atoms with van der Waals surface area (Å²) in [6.07, 6.45) is 4.66. The minimum atomic E-state index is -1.13. The van der Waals surface area contributed by atoms with E-state index in [4.69, 9.17) is 10.2 Å². The molecule has 0 aromatic rings. The van der Waals surface area contributed by atoms with Crippen molar-refractivity contribution >= 4 is 12.0 Å². The summed E-state index contributed by atoms with van der Waals surface area (Å²) in [5, 5.41) is 22.3. The molecule has 0 bridgehead atoms. The van der Waals surface area contributed by atoms with Gasteiger partial charge in [0.1, 0.15) is 6.04 Å². The minimum Gasteiger partial charge on any atom is -0.480 e. The van der Waals surface area contributed by atoms with Gasteiger partial charge in [0.2, 0.25) is 0 Å². The fourth-order valence-electron chi connectivity index (χ4n) is 1.59. The molecule has 0 spiro atoms. The fourth-order valence-corrected chi connectivity index (χ4v) is 1.59. The first-order valence-corrected chi connectivity index (χ1v) is 6.01. The molecule has 0 saturated heterocycles. The van der Waals surface area contributed by atoms with Gasteiger partial charge in [-0.25, -0.2) is 9.59 Å². The number of aliphatic hydroxyl groups excluding tert-OH is 1. The van der Waals surface area contributed by atoms with Crippen LogP contribution in [0.15, 0.2) is 0 Å². The molecule has 0 aliphatic heterocycles. The van der Waals surface area contributed by atoms with E-state index in [9.17, 15) is 9.59 Å². The summed E-state index contributed by atoms with van der Waals surface area (Å²) in [7, 11) is 0. The third kappa shape index (κ3) is 6.11. The van der Waals surface area contributed by atoms with Crippen molar-refractivity contribution in [2.45, 2.75) is 38.1 Å². The van der Waals surface area contributed by atoms with E-state index in [-0.39, 0.29) is 13.0 Å². The predicted octanol–water partition coefficient (Wildman–Crippen LogP) is 0.311. The normalized spacial score (nSPS) is 16.3. The quantitative estimate of drug-likeness (QED) is 0.462. The van der Waals surface area contributed by atoms with Crippen molar-refractivity contribution < 1.29 is 19.8 Å². The minimum absolute atomic E-state index is 0.0187. The van der Waals surface area contributed by atoms with E-state index >= 15 is 0 Å². The second kappa shape index (κ2) is 7.11. The summed E-state index contributed by atoms with van der Waals surface area (Å²) in [6.45, 7) is 0.298. The number of aliphatic hydroxyl groups is 1. The molecule has 0 aromatic carbocycles. The molecule has 4 N–H and O–H groups in total. The number of urea groups is 1. The van der Waals surface area contributed by atoms with E-state index < -0.39 is 18.0 Å². The van der Waals surface area contributed by atoms with Crippen LogP contribution in [0.1, 0.15) is 32.1 Å². The van der Waals surface area contributed by atoms with Gasteiger partial charge in [-0.1, -0.05) is 12.8 Å². The topological polar surface area (TPSA) is 98.7 Å². The molecule has 1 aliphatic carbocycles. The summed E-state index contributed by atoms with van der Waals surface area (Å²) in [6, 6.07) is -1.51. The van der Waals surface area contributed by atoms with Gasteiger partial charge >= 0.3 is 12.0 Å². The molecule has 1 rings (SSSR count). The zero-order valence-corrected chi connectivity index (χ0v) is 9.82. The van der Waals surface area contributed by atoms with Crippen LogP contribution in [-0.4, -0.2) is 41.4 Å². The van der Waals surface area contributed by atoms with E-state index in [2.05, 4.69) is 10.6 Å². The van der Waals surface area contributed by atoms with E-state index in [0.29, 0.717) is 6.54 Å². The third-order valence-corrected chi connectivity index (χ3v) is 2.79. The van der Waals surface area contributed by atoms with Crippen LogP contribution >= 0.6 is 0 Å². The van der Waals surface area contributed by atoms with Gasteiger partial charge in [0.05, 0.1) is 0 Å². The third-order valence-electron chi connectivity index (χ3n) is 2.79. The Kier molecular flexibility index (Phi) is 5.76. The lowest BCUT2D eigenvalue weighted by molar-refractivity contribution is -0.139. The van der Waals surface area contributed by atoms with Gasteiger partial charge in [-0.3, -0.25) is 0 Å². The number of nitrogens with one attached hydrogen (secondary N) is 2. The number of hydrogen-bond acceptors (Lipinski definition) is 3. The zero-order chi connectivity index (χ0) is 12.7. The lowest BCUT2D eigenvalue weighted by atomic mass is 10.2. The van der Waals surface area contributed by atoms with Crippen molar-refractivity contribution in [3.8, 4) is 0 Å². The van der Waals surface area contributed by atoms with Gasteiger partial charge in [-0.15, -0.1) is 0 Å². The number of carboxylic acids is 1. The molecule has 0 aromatic heterocycles. The standard InChI is InChI=1S/C11H20N2O4/c14-7-5-9(10(15)16)13-11(17)12-6-1-2-8-3-4-8/h8-9,14H,1-7H2,(H,15,16)(H2,12,13,17)/t9-/m1/s1. The summed E-state index contributed by atoms with van der Waals surface area (Å²) < 4.78 is 0. The van der Waals surface area contributed by atoms with Gasteiger partial charge in [0.15, 0.2) is 0 Å². The summed E-state index contributed by atoms with van der Waals surface area (Å²) >= 11 is 0. The van der Waals surface area contributed by atoms with E-state index in [1.807, 2.05) is 0 Å². The Balaban J connectivity index is 2.09. The zero-order valence-electron chi connectivity index (χ0n) is 9.82. The van der Waals surface area contributed by atoms with Crippen LogP contribution in [-0.2, 0) is 4.79 Å². The van der Waals surface area contributed by atoms with Crippen LogP contribution in [0.5, 0.6) is 0 Å². The van der Waals surface area contributed by atoms with Crippen LogP contribution < -0.4 is 10.6 Å². The van der Waals surface area contributed by atoms with Crippen LogP contribution in [0.3, 0.4) is 0 Å². The Morgan fingerprint density at radius 1 is 1.35 bits per heavy atom. The molecule has 1 saturated carbocycles. The summed E-state index contributed by atoms with van der Waals surface area (Å²) in [5.41, 5.74) is 0. The lowest BCUT2D eigenvalue weighted by Crippen LogP contribution is -2.46. The highest BCUT2D eigenvalue weighted by molar-refractivity contribution is 5.82. The van der Waals surface area contributed by atoms with Crippen molar-refractivity contribution in [1.29, 1.82) is 0 Å². The first-order chi connectivity index (χ1) is 8.13. The van der Waals surface area contributed by atoms with E-state index in [1.54, 1.807) is 0 Å². The van der Waals surface area contributed by atoms with Crippen molar-refractivity contribution in [3.63, 3.8) is 0 Å². The molecule has 0 heterocycles. The molecule has 0 unspecified atom stereocenters. The molecule has 1 fully saturated rings. The monoisotopic (exact) mass is 244 g/mol. The predicted molar refractivity (Wildman–Crippen MR) is 61.6 cm³/mol. The number of carbonyl (C=O) groups excluding carboxylic acids is 1. The fraction of sp³-hybridized carbons (Fsp3) is 0.818. The Hall–Kier alpha value is -1.30. The lowest BCUT2D eigenvalue weighted by Gasteiger charge is -2.13. The van der Waals surface area contributed by atoms with Crippen molar-refractivity contribution in [2.75, 3.05) is 13.2 Å². The second-order valence-electron chi connectivity index (χ2n) is 4.39. The molecule has 0 radical (unpaired) electrons. The molecular weight excluding hydrogens is 224 g/mol. The Morgan fingerprint density at radius 3 is 2.59 bits per heavy atom. The second-order valence-corrected chi connectivity index (χ2v) is 4.39. The van der Waals surface area contributed by atoms with Gasteiger partial charge in [-0.2, -0.15) is 0 Å². The van der Waals surface area contributed by atoms with Gasteiger partial charge in [0, 0.05) is 19.6 Å². The highest BCUT2D eigenvalue weighted by atomic mass is 16.4. The van der Waals surface area contributed by atoms with E-state index in [1.165, 1.54) is 12.8 Å². The van der Waals surface area contributed by atoms with Crippen molar-refractivity contribution in [1.82, 2.24) is 10.6 Å². The molecule has 2 amide bonds. The molecule has 98 valence electrons. The molecule has 1 atom stereocenters. The number of hydrogen-bond donors (Lipinski definition) is 4. The van der Waals surface area contributed by atoms with Crippen LogP contribution in [0.25, 0.3) is 0 Å². The number of aliphatic carboxylic acids is 1. The average Bonchev–Trinajstić information content (AvgIpc) is 3.07. The first kappa shape index (κ1) is 13.8. The SMILES string of the molecule is O=C(NCCCC1CC1)N[C@H](CCO)C(=O)O. The molecule has 1 aliphatic rings. The van der Waals surface area contributed by atoms with Gasteiger partial charge < -0.3 is 20.8 Å². The highest BCUT2D eigenvalue weighted by Crippen LogP contribution is 2.33. The number of rotatable bonds is 8. The average molecular weight is 244 g/mol. The molecule has 17 heavy (non-hydrogen) atoms. The molecule has 6 heteroatoms. The molecular formula is C11H20N2O4. The number of carboxylic acid groups (broad SMARTS) is 1. The first-order valence-electron chi connectivity index (χ1n) is 6.01. The Labute approximate surface area is 100 Å². The maximum absolute atomic E-state index is 11.3. The maximum Gasteiger partial charge on any atom is 0.326 e.